The molecule has 206 valence electrons. The third-order valence-corrected chi connectivity index (χ3v) is 7.70. The van der Waals surface area contributed by atoms with Crippen LogP contribution in [0.25, 0.3) is 5.76 Å². The van der Waals surface area contributed by atoms with Crippen LogP contribution in [0.5, 0.6) is 17.2 Å². The van der Waals surface area contributed by atoms with E-state index in [1.165, 1.54) is 12.1 Å². The average molecular weight is 581 g/mol. The molecule has 17 heteroatoms. The van der Waals surface area contributed by atoms with Crippen LogP contribution in [0, 0.1) is 0 Å². The third-order valence-electron chi connectivity index (χ3n) is 4.98. The van der Waals surface area contributed by atoms with Gasteiger partial charge in [-0.15, -0.1) is 0 Å². The van der Waals surface area contributed by atoms with Gasteiger partial charge in [-0.3, -0.25) is 0 Å². The summed E-state index contributed by atoms with van der Waals surface area (Å²) in [6, 6.07) is 6.71. The molecule has 0 aromatic heterocycles. The molecule has 0 fully saturated rings. The number of carbonyl (C=O) groups is 1. The van der Waals surface area contributed by atoms with E-state index in [0.29, 0.717) is 6.42 Å². The zero-order valence-electron chi connectivity index (χ0n) is 19.5. The summed E-state index contributed by atoms with van der Waals surface area (Å²) in [5.41, 5.74) is -6.93. The molecule has 0 bridgehead atoms. The van der Waals surface area contributed by atoms with Crippen LogP contribution in [0.4, 0.5) is 23.7 Å². The predicted molar refractivity (Wildman–Crippen MR) is 121 cm³/mol. The summed E-state index contributed by atoms with van der Waals surface area (Å²) in [6.45, 7) is 1.70. The first-order chi connectivity index (χ1) is 17.8. The van der Waals surface area contributed by atoms with E-state index in [2.05, 4.69) is 8.92 Å². The third kappa shape index (κ3) is 4.85. The number of ether oxygens (including phenoxy) is 5. The molecule has 0 atom stereocenters. The first-order valence-electron chi connectivity index (χ1n) is 10.5. The van der Waals surface area contributed by atoms with Crippen molar-refractivity contribution in [3.63, 3.8) is 0 Å². The van der Waals surface area contributed by atoms with Crippen LogP contribution in [0.2, 0.25) is 0 Å². The van der Waals surface area contributed by atoms with Gasteiger partial charge >= 0.3 is 21.8 Å². The molecular formula is C21H18F3NO11S2. The van der Waals surface area contributed by atoms with Gasteiger partial charge in [0.15, 0.2) is 11.5 Å². The van der Waals surface area contributed by atoms with Crippen molar-refractivity contribution in [2.24, 2.45) is 0 Å². The molecule has 0 saturated heterocycles. The highest BCUT2D eigenvalue weighted by atomic mass is 32.2. The van der Waals surface area contributed by atoms with E-state index >= 15 is 0 Å². The lowest BCUT2D eigenvalue weighted by Crippen LogP contribution is -2.38. The Bertz CT molecular complexity index is 1520. The van der Waals surface area contributed by atoms with Crippen LogP contribution in [0.1, 0.15) is 18.9 Å². The van der Waals surface area contributed by atoms with E-state index in [-0.39, 0.29) is 40.6 Å². The van der Waals surface area contributed by atoms with Crippen molar-refractivity contribution in [3.8, 4) is 17.2 Å². The van der Waals surface area contributed by atoms with Gasteiger partial charge in [-0.05, 0) is 36.8 Å². The molecule has 0 saturated carbocycles. The number of sulfonamides is 1. The lowest BCUT2D eigenvalue weighted by Gasteiger charge is -2.32. The molecule has 4 rings (SSSR count). The normalized spacial score (nSPS) is 16.1. The van der Waals surface area contributed by atoms with E-state index in [4.69, 9.17) is 18.9 Å². The number of nitrogens with zero attached hydrogens (tertiary/aromatic N) is 1. The first-order valence-corrected chi connectivity index (χ1v) is 13.4. The summed E-state index contributed by atoms with van der Waals surface area (Å²) in [6.07, 6.45) is -1.07. The quantitative estimate of drug-likeness (QED) is 0.268. The van der Waals surface area contributed by atoms with Gasteiger partial charge in [0.2, 0.25) is 12.6 Å². The minimum Gasteiger partial charge on any atom is -0.494 e. The molecule has 0 unspecified atom stereocenters. The van der Waals surface area contributed by atoms with E-state index in [0.717, 1.165) is 31.4 Å². The number of fused-ring (bicyclic) bond motifs is 2. The lowest BCUT2D eigenvalue weighted by atomic mass is 10.1. The maximum atomic E-state index is 13.7. The maximum Gasteiger partial charge on any atom is 0.534 e. The van der Waals surface area contributed by atoms with Crippen molar-refractivity contribution in [2.75, 3.05) is 24.8 Å². The zero-order chi connectivity index (χ0) is 27.9. The molecule has 0 aliphatic carbocycles. The molecular weight excluding hydrogens is 563 g/mol. The molecule has 2 aliphatic rings. The highest BCUT2D eigenvalue weighted by molar-refractivity contribution is 7.93. The average Bonchev–Trinajstić information content (AvgIpc) is 3.32. The number of carbonyl (C=O) groups excluding carboxylic acids is 1. The van der Waals surface area contributed by atoms with Crippen LogP contribution in [-0.2, 0) is 33.8 Å². The number of anilines is 1. The van der Waals surface area contributed by atoms with Crippen LogP contribution in [0.15, 0.2) is 47.2 Å². The van der Waals surface area contributed by atoms with E-state index in [1.54, 1.807) is 6.92 Å². The Labute approximate surface area is 214 Å². The predicted octanol–water partition coefficient (Wildman–Crippen LogP) is 3.69. The van der Waals surface area contributed by atoms with Gasteiger partial charge in [-0.2, -0.15) is 25.9 Å². The summed E-state index contributed by atoms with van der Waals surface area (Å²) in [7, 11) is -10.3. The molecule has 0 radical (unpaired) electrons. The SMILES string of the molecule is CCCOc1ccc2c(c1)C(OS(=O)(=O)C(F)(F)F)=C(OC(=O)OC)N(c1ccc3c(c1)OCO3)S2(=O)=O. The molecule has 38 heavy (non-hydrogen) atoms. The van der Waals surface area contributed by atoms with E-state index < -0.39 is 53.9 Å². The summed E-state index contributed by atoms with van der Waals surface area (Å²) in [5.74, 6) is -2.27. The molecule has 2 aromatic carbocycles. The zero-order valence-corrected chi connectivity index (χ0v) is 21.1. The van der Waals surface area contributed by atoms with Crippen LogP contribution < -0.4 is 18.5 Å². The van der Waals surface area contributed by atoms with E-state index in [1.807, 2.05) is 0 Å². The maximum absolute atomic E-state index is 13.7. The number of rotatable bonds is 7. The first kappa shape index (κ1) is 27.2. The van der Waals surface area contributed by atoms with Gasteiger partial charge in [0.1, 0.15) is 5.75 Å². The second-order valence-electron chi connectivity index (χ2n) is 7.49. The van der Waals surface area contributed by atoms with Gasteiger partial charge in [0.25, 0.3) is 15.9 Å². The smallest absolute Gasteiger partial charge is 0.494 e. The number of halogens is 3. The van der Waals surface area contributed by atoms with Crippen molar-refractivity contribution >= 4 is 37.7 Å². The molecule has 2 aliphatic heterocycles. The molecule has 0 N–H and O–H groups in total. The van der Waals surface area contributed by atoms with Gasteiger partial charge in [-0.25, -0.2) is 13.2 Å². The number of benzene rings is 2. The standard InChI is InChI=1S/C21H18F3NO11S2/c1-3-8-32-13-5-7-17-14(10-13)18(36-38(29,30)21(22,23)24)19(35-20(26)31-2)25(37(17,27)28)12-4-6-15-16(9-12)34-11-33-15/h4-7,9-10H,3,8,11H2,1-2H3. The van der Waals surface area contributed by atoms with Crippen molar-refractivity contribution in [2.45, 2.75) is 23.7 Å². The van der Waals surface area contributed by atoms with Crippen molar-refractivity contribution < 1.29 is 62.7 Å². The number of hydrogen-bond donors (Lipinski definition) is 0. The molecule has 0 amide bonds. The Balaban J connectivity index is 2.04. The molecule has 0 spiro atoms. The lowest BCUT2D eigenvalue weighted by molar-refractivity contribution is -0.0510. The van der Waals surface area contributed by atoms with Gasteiger partial charge in [0.05, 0.1) is 24.3 Å². The number of alkyl halides is 3. The summed E-state index contributed by atoms with van der Waals surface area (Å²) >= 11 is 0. The summed E-state index contributed by atoms with van der Waals surface area (Å²) in [4.78, 5) is 11.4. The molecule has 12 nitrogen and oxygen atoms in total. The Kier molecular flexibility index (Phi) is 7.00. The van der Waals surface area contributed by atoms with Gasteiger partial charge in [0, 0.05) is 11.6 Å². The van der Waals surface area contributed by atoms with Crippen molar-refractivity contribution in [1.82, 2.24) is 0 Å². The molecule has 2 aromatic rings. The Morgan fingerprint density at radius 2 is 1.82 bits per heavy atom. The summed E-state index contributed by atoms with van der Waals surface area (Å²) < 4.78 is 121. The van der Waals surface area contributed by atoms with Crippen molar-refractivity contribution in [1.29, 1.82) is 0 Å². The van der Waals surface area contributed by atoms with E-state index in [9.17, 15) is 34.8 Å². The highest BCUT2D eigenvalue weighted by Gasteiger charge is 2.52. The minimum atomic E-state index is -6.39. The Morgan fingerprint density at radius 3 is 2.47 bits per heavy atom. The van der Waals surface area contributed by atoms with Crippen LogP contribution >= 0.6 is 0 Å². The summed E-state index contributed by atoms with van der Waals surface area (Å²) in [5, 5.41) is 0. The minimum absolute atomic E-state index is 0.0275. The number of methoxy groups -OCH3 is 1. The second kappa shape index (κ2) is 9.79. The monoisotopic (exact) mass is 581 g/mol. The fraction of sp³-hybridized carbons (Fsp3) is 0.286. The largest absolute Gasteiger partial charge is 0.534 e. The fourth-order valence-electron chi connectivity index (χ4n) is 3.35. The Hall–Kier alpha value is -3.86. The number of hydrogen-bond acceptors (Lipinski definition) is 11. The fourth-order valence-corrected chi connectivity index (χ4v) is 5.42. The molecule has 2 heterocycles. The second-order valence-corrected chi connectivity index (χ2v) is 10.8. The Morgan fingerprint density at radius 1 is 1.11 bits per heavy atom. The van der Waals surface area contributed by atoms with Crippen LogP contribution in [0.3, 0.4) is 0 Å². The topological polar surface area (TPSA) is 144 Å². The van der Waals surface area contributed by atoms with Crippen LogP contribution in [-0.4, -0.2) is 49.0 Å². The van der Waals surface area contributed by atoms with Gasteiger partial charge < -0.3 is 27.9 Å². The highest BCUT2D eigenvalue weighted by Crippen LogP contribution is 2.46. The van der Waals surface area contributed by atoms with Gasteiger partial charge in [-0.1, -0.05) is 6.92 Å². The van der Waals surface area contributed by atoms with Crippen molar-refractivity contribution in [3.05, 3.63) is 47.8 Å².